The molecule has 1 aliphatic heterocycles. The van der Waals surface area contributed by atoms with E-state index in [0.717, 1.165) is 12.1 Å². The molecule has 2 heteroatoms. The fourth-order valence-corrected chi connectivity index (χ4v) is 6.83. The summed E-state index contributed by atoms with van der Waals surface area (Å²) >= 11 is 1.95. The van der Waals surface area contributed by atoms with Crippen LogP contribution in [0.2, 0.25) is 0 Å². The van der Waals surface area contributed by atoms with Crippen LogP contribution in [0.4, 0.5) is 0 Å². The number of benzene rings is 4. The van der Waals surface area contributed by atoms with Crippen LogP contribution >= 0.6 is 11.8 Å². The van der Waals surface area contributed by atoms with Crippen LogP contribution in [0.5, 0.6) is 0 Å². The third-order valence-electron chi connectivity index (χ3n) is 6.94. The predicted molar refractivity (Wildman–Crippen MR) is 148 cm³/mol. The van der Waals surface area contributed by atoms with E-state index in [9.17, 15) is 0 Å². The SMILES string of the molecule is CC(C)(C)Cc1c2c(cc3ccccc13)-c1nccc3c1c(cc1cccc(C(C)(C)C)c13)S2. The smallest absolute Gasteiger partial charge is 0.0803 e. The number of hydrogen-bond acceptors (Lipinski definition) is 2. The van der Waals surface area contributed by atoms with Gasteiger partial charge in [0, 0.05) is 26.9 Å². The highest BCUT2D eigenvalue weighted by Gasteiger charge is 2.28. The second-order valence-electron chi connectivity index (χ2n) is 11.9. The first-order valence-corrected chi connectivity index (χ1v) is 13.0. The molecule has 0 saturated heterocycles. The van der Waals surface area contributed by atoms with E-state index >= 15 is 0 Å². The summed E-state index contributed by atoms with van der Waals surface area (Å²) in [6.07, 6.45) is 3.05. The zero-order chi connectivity index (χ0) is 23.8. The standard InChI is InChI=1S/C32H31NS/c1-31(2,3)18-24-21-12-8-7-10-19(21)16-23-29-28-22(14-15-33-29)27-20(17-26(28)34-30(23)24)11-9-13-25(27)32(4,5)6/h7-17H,18H2,1-6H3. The molecule has 0 fully saturated rings. The predicted octanol–water partition coefficient (Wildman–Crippen LogP) is 9.56. The molecule has 0 unspecified atom stereocenters. The van der Waals surface area contributed by atoms with Crippen LogP contribution in [-0.2, 0) is 11.8 Å². The van der Waals surface area contributed by atoms with Gasteiger partial charge in [0.15, 0.2) is 0 Å². The Morgan fingerprint density at radius 2 is 1.53 bits per heavy atom. The van der Waals surface area contributed by atoms with Crippen LogP contribution in [0.25, 0.3) is 43.6 Å². The first kappa shape index (κ1) is 21.7. The van der Waals surface area contributed by atoms with Gasteiger partial charge in [0.25, 0.3) is 0 Å². The minimum Gasteiger partial charge on any atom is -0.256 e. The molecule has 0 radical (unpaired) electrons. The fraction of sp³-hybridized carbons (Fsp3) is 0.281. The molecule has 0 atom stereocenters. The van der Waals surface area contributed by atoms with Gasteiger partial charge in [-0.15, -0.1) is 0 Å². The molecular formula is C32H31NS. The van der Waals surface area contributed by atoms with Gasteiger partial charge in [0.05, 0.1) is 5.69 Å². The Hall–Kier alpha value is -2.84. The quantitative estimate of drug-likeness (QED) is 0.226. The molecule has 0 N–H and O–H groups in total. The Kier molecular flexibility index (Phi) is 4.67. The largest absolute Gasteiger partial charge is 0.256 e. The highest BCUT2D eigenvalue weighted by Crippen LogP contribution is 2.53. The topological polar surface area (TPSA) is 12.9 Å². The molecule has 0 amide bonds. The summed E-state index contributed by atoms with van der Waals surface area (Å²) < 4.78 is 0. The van der Waals surface area contributed by atoms with Crippen molar-refractivity contribution >= 4 is 44.1 Å². The second kappa shape index (κ2) is 7.33. The number of aromatic nitrogens is 1. The molecule has 4 aromatic carbocycles. The van der Waals surface area contributed by atoms with E-state index in [1.54, 1.807) is 0 Å². The summed E-state index contributed by atoms with van der Waals surface area (Å²) in [5, 5.41) is 8.00. The maximum absolute atomic E-state index is 5.01. The first-order valence-electron chi connectivity index (χ1n) is 12.2. The van der Waals surface area contributed by atoms with Gasteiger partial charge in [-0.3, -0.25) is 4.98 Å². The first-order chi connectivity index (χ1) is 16.1. The molecule has 1 aromatic heterocycles. The lowest BCUT2D eigenvalue weighted by Gasteiger charge is -2.28. The van der Waals surface area contributed by atoms with Crippen LogP contribution in [-0.4, -0.2) is 4.98 Å². The van der Waals surface area contributed by atoms with Crippen molar-refractivity contribution in [3.05, 3.63) is 78.0 Å². The van der Waals surface area contributed by atoms with Crippen LogP contribution < -0.4 is 0 Å². The molecule has 34 heavy (non-hydrogen) atoms. The minimum atomic E-state index is 0.0721. The van der Waals surface area contributed by atoms with E-state index < -0.39 is 0 Å². The van der Waals surface area contributed by atoms with Gasteiger partial charge in [0.1, 0.15) is 0 Å². The number of nitrogens with zero attached hydrogens (tertiary/aromatic N) is 1. The Morgan fingerprint density at radius 1 is 0.765 bits per heavy atom. The number of fused-ring (bicyclic) bond motifs is 5. The van der Waals surface area contributed by atoms with Gasteiger partial charge >= 0.3 is 0 Å². The van der Waals surface area contributed by atoms with Crippen LogP contribution in [0, 0.1) is 5.41 Å². The Morgan fingerprint density at radius 3 is 2.29 bits per heavy atom. The van der Waals surface area contributed by atoms with Crippen molar-refractivity contribution in [3.63, 3.8) is 0 Å². The van der Waals surface area contributed by atoms with Gasteiger partial charge in [-0.05, 0) is 73.5 Å². The molecule has 6 rings (SSSR count). The lowest BCUT2D eigenvalue weighted by atomic mass is 9.81. The lowest BCUT2D eigenvalue weighted by Crippen LogP contribution is -2.13. The van der Waals surface area contributed by atoms with Gasteiger partial charge in [-0.2, -0.15) is 0 Å². The van der Waals surface area contributed by atoms with Crippen LogP contribution in [0.1, 0.15) is 52.7 Å². The maximum atomic E-state index is 5.01. The van der Waals surface area contributed by atoms with Crippen molar-refractivity contribution in [2.45, 2.75) is 63.2 Å². The number of pyridine rings is 1. The summed E-state index contributed by atoms with van der Waals surface area (Å²) in [6, 6.07) is 22.6. The van der Waals surface area contributed by atoms with Gasteiger partial charge < -0.3 is 0 Å². The van der Waals surface area contributed by atoms with E-state index in [1.165, 1.54) is 58.8 Å². The third kappa shape index (κ3) is 3.34. The average molecular weight is 462 g/mol. The van der Waals surface area contributed by atoms with Crippen LogP contribution in [0.3, 0.4) is 0 Å². The van der Waals surface area contributed by atoms with Crippen molar-refractivity contribution in [1.82, 2.24) is 4.98 Å². The van der Waals surface area contributed by atoms with Gasteiger partial charge in [-0.25, -0.2) is 0 Å². The molecule has 170 valence electrons. The van der Waals surface area contributed by atoms with Crippen molar-refractivity contribution in [2.24, 2.45) is 5.41 Å². The second-order valence-corrected chi connectivity index (χ2v) is 13.0. The zero-order valence-electron chi connectivity index (χ0n) is 20.9. The van der Waals surface area contributed by atoms with Gasteiger partial charge in [0.2, 0.25) is 0 Å². The Balaban J connectivity index is 1.75. The van der Waals surface area contributed by atoms with Crippen LogP contribution in [0.15, 0.2) is 76.7 Å². The van der Waals surface area contributed by atoms with Crippen molar-refractivity contribution in [3.8, 4) is 11.3 Å². The minimum absolute atomic E-state index is 0.0721. The van der Waals surface area contributed by atoms with E-state index in [-0.39, 0.29) is 10.8 Å². The molecule has 5 aromatic rings. The Labute approximate surface area is 206 Å². The average Bonchev–Trinajstić information content (AvgIpc) is 2.78. The number of rotatable bonds is 1. The molecular weight excluding hydrogens is 430 g/mol. The zero-order valence-corrected chi connectivity index (χ0v) is 21.7. The highest BCUT2D eigenvalue weighted by atomic mass is 32.2. The normalized spacial score (nSPS) is 13.6. The van der Waals surface area contributed by atoms with E-state index in [0.29, 0.717) is 0 Å². The van der Waals surface area contributed by atoms with Crippen molar-refractivity contribution < 1.29 is 0 Å². The lowest BCUT2D eigenvalue weighted by molar-refractivity contribution is 0.410. The molecule has 0 saturated carbocycles. The molecule has 1 nitrogen and oxygen atoms in total. The van der Waals surface area contributed by atoms with E-state index in [2.05, 4.69) is 102 Å². The summed E-state index contributed by atoms with van der Waals surface area (Å²) in [4.78, 5) is 7.72. The maximum Gasteiger partial charge on any atom is 0.0803 e. The van der Waals surface area contributed by atoms with Crippen molar-refractivity contribution in [1.29, 1.82) is 0 Å². The summed E-state index contributed by atoms with van der Waals surface area (Å²) in [6.45, 7) is 13.9. The monoisotopic (exact) mass is 461 g/mol. The van der Waals surface area contributed by atoms with Crippen molar-refractivity contribution in [2.75, 3.05) is 0 Å². The molecule has 2 heterocycles. The summed E-state index contributed by atoms with van der Waals surface area (Å²) in [5.74, 6) is 0. The molecule has 0 bridgehead atoms. The molecule has 0 aliphatic carbocycles. The van der Waals surface area contributed by atoms with E-state index in [1.807, 2.05) is 18.0 Å². The van der Waals surface area contributed by atoms with E-state index in [4.69, 9.17) is 4.98 Å². The molecule has 1 aliphatic rings. The Bertz CT molecular complexity index is 1610. The fourth-order valence-electron chi connectivity index (χ4n) is 5.55. The highest BCUT2D eigenvalue weighted by molar-refractivity contribution is 8.00. The number of hydrogen-bond donors (Lipinski definition) is 0. The summed E-state index contributed by atoms with van der Waals surface area (Å²) in [5.41, 5.74) is 5.54. The third-order valence-corrected chi connectivity index (χ3v) is 8.15. The van der Waals surface area contributed by atoms with Gasteiger partial charge in [-0.1, -0.05) is 95.8 Å². The molecule has 0 spiro atoms. The summed E-state index contributed by atoms with van der Waals surface area (Å²) in [7, 11) is 0.